The number of pyridine rings is 1. The van der Waals surface area contributed by atoms with Gasteiger partial charge in [0.1, 0.15) is 4.60 Å². The lowest BCUT2D eigenvalue weighted by molar-refractivity contribution is -0.136. The van der Waals surface area contributed by atoms with Crippen molar-refractivity contribution < 1.29 is 18.7 Å². The molecule has 0 aliphatic rings. The molecule has 1 rings (SSSR count). The summed E-state index contributed by atoms with van der Waals surface area (Å²) < 4.78 is 25.6. The summed E-state index contributed by atoms with van der Waals surface area (Å²) in [6, 6.07) is 0. The molecule has 1 aromatic rings. The molecule has 0 spiro atoms. The van der Waals surface area contributed by atoms with Crippen LogP contribution in [0.1, 0.15) is 23.1 Å². The van der Waals surface area contributed by atoms with E-state index in [1.807, 2.05) is 0 Å². The van der Waals surface area contributed by atoms with E-state index in [9.17, 15) is 13.6 Å². The normalized spacial score (nSPS) is 10.8. The zero-order valence-corrected chi connectivity index (χ0v) is 10.2. The zero-order valence-electron chi connectivity index (χ0n) is 7.88. The van der Waals surface area contributed by atoms with Gasteiger partial charge in [0.05, 0.1) is 12.3 Å². The van der Waals surface area contributed by atoms with Crippen molar-refractivity contribution in [1.29, 1.82) is 0 Å². The van der Waals surface area contributed by atoms with Gasteiger partial charge in [0.2, 0.25) is 0 Å². The van der Waals surface area contributed by atoms with E-state index < -0.39 is 18.8 Å². The average molecular weight is 315 g/mol. The minimum absolute atomic E-state index is 0.0272. The van der Waals surface area contributed by atoms with E-state index >= 15 is 0 Å². The molecule has 3 nitrogen and oxygen atoms in total. The van der Waals surface area contributed by atoms with Crippen LogP contribution in [-0.2, 0) is 17.1 Å². The molecule has 0 unspecified atom stereocenters. The van der Waals surface area contributed by atoms with Crippen molar-refractivity contribution in [3.63, 3.8) is 0 Å². The van der Waals surface area contributed by atoms with E-state index in [-0.39, 0.29) is 17.0 Å². The molecule has 0 aromatic carbocycles. The van der Waals surface area contributed by atoms with Gasteiger partial charge in [-0.15, -0.1) is 11.6 Å². The second kappa shape index (κ2) is 5.54. The van der Waals surface area contributed by atoms with Crippen LogP contribution in [0.4, 0.5) is 8.78 Å². The van der Waals surface area contributed by atoms with Gasteiger partial charge in [0.15, 0.2) is 0 Å². The highest BCUT2D eigenvalue weighted by molar-refractivity contribution is 9.10. The lowest BCUT2D eigenvalue weighted by atomic mass is 10.0. The lowest BCUT2D eigenvalue weighted by Gasteiger charge is -2.12. The quantitative estimate of drug-likeness (QED) is 0.686. The molecule has 88 valence electrons. The van der Waals surface area contributed by atoms with Gasteiger partial charge < -0.3 is 5.11 Å². The summed E-state index contributed by atoms with van der Waals surface area (Å²) in [6.45, 7) is 0. The molecule has 16 heavy (non-hydrogen) atoms. The Bertz CT molecular complexity index is 415. The number of aliphatic carboxylic acids is 1. The molecule has 1 heterocycles. The minimum atomic E-state index is -2.77. The maximum Gasteiger partial charge on any atom is 0.307 e. The first-order valence-corrected chi connectivity index (χ1v) is 5.52. The first-order chi connectivity index (χ1) is 7.47. The van der Waals surface area contributed by atoms with Crippen LogP contribution >= 0.6 is 27.5 Å². The number of hydrogen-bond donors (Lipinski definition) is 1. The smallest absolute Gasteiger partial charge is 0.307 e. The Kier molecular flexibility index (Phi) is 4.61. The summed E-state index contributed by atoms with van der Waals surface area (Å²) in [5, 5.41) is 8.66. The van der Waals surface area contributed by atoms with Crippen molar-refractivity contribution in [2.75, 3.05) is 0 Å². The number of rotatable bonds is 4. The summed E-state index contributed by atoms with van der Waals surface area (Å²) in [5.74, 6) is -1.26. The van der Waals surface area contributed by atoms with Gasteiger partial charge in [-0.05, 0) is 21.5 Å². The van der Waals surface area contributed by atoms with Crippen LogP contribution in [0.5, 0.6) is 0 Å². The number of halogens is 4. The van der Waals surface area contributed by atoms with Crippen LogP contribution in [0, 0.1) is 0 Å². The summed E-state index contributed by atoms with van der Waals surface area (Å²) >= 11 is 8.64. The zero-order chi connectivity index (χ0) is 12.3. The molecule has 1 N–H and O–H groups in total. The Balaban J connectivity index is 3.34. The van der Waals surface area contributed by atoms with Gasteiger partial charge in [-0.25, -0.2) is 13.8 Å². The van der Waals surface area contributed by atoms with Crippen molar-refractivity contribution >= 4 is 33.5 Å². The largest absolute Gasteiger partial charge is 0.481 e. The monoisotopic (exact) mass is 313 g/mol. The Morgan fingerprint density at radius 2 is 2.19 bits per heavy atom. The minimum Gasteiger partial charge on any atom is -0.481 e. The first-order valence-electron chi connectivity index (χ1n) is 4.19. The van der Waals surface area contributed by atoms with Crippen LogP contribution in [0.25, 0.3) is 0 Å². The Morgan fingerprint density at radius 1 is 1.56 bits per heavy atom. The molecule has 7 heteroatoms. The van der Waals surface area contributed by atoms with E-state index in [1.54, 1.807) is 0 Å². The van der Waals surface area contributed by atoms with E-state index in [1.165, 1.54) is 0 Å². The van der Waals surface area contributed by atoms with Crippen molar-refractivity contribution in [3.05, 3.63) is 27.5 Å². The topological polar surface area (TPSA) is 50.2 Å². The number of aromatic nitrogens is 1. The van der Waals surface area contributed by atoms with Gasteiger partial charge in [-0.1, -0.05) is 0 Å². The van der Waals surface area contributed by atoms with Crippen LogP contribution in [-0.4, -0.2) is 16.1 Å². The third-order valence-corrected chi connectivity index (χ3v) is 2.93. The fourth-order valence-corrected chi connectivity index (χ4v) is 2.20. The van der Waals surface area contributed by atoms with Gasteiger partial charge in [-0.3, -0.25) is 4.79 Å². The number of hydrogen-bond acceptors (Lipinski definition) is 2. The summed E-state index contributed by atoms with van der Waals surface area (Å²) in [7, 11) is 0. The SMILES string of the molecule is O=C(O)Cc1c(C(F)F)cnc(Br)c1CCl. The van der Waals surface area contributed by atoms with E-state index in [2.05, 4.69) is 20.9 Å². The number of nitrogens with zero attached hydrogens (tertiary/aromatic N) is 1. The van der Waals surface area contributed by atoms with Crippen molar-refractivity contribution in [2.24, 2.45) is 0 Å². The standard InChI is InChI=1S/C9H7BrClF2NO2/c10-8-5(2-11)4(1-7(15)16)6(3-14-8)9(12)13/h3,9H,1-2H2,(H,15,16). The number of carboxylic acid groups (broad SMARTS) is 1. The maximum absolute atomic E-state index is 12.6. The molecule has 0 aliphatic heterocycles. The summed E-state index contributed by atoms with van der Waals surface area (Å²) in [5.41, 5.74) is -0.0671. The summed E-state index contributed by atoms with van der Waals surface area (Å²) in [4.78, 5) is 14.3. The fraction of sp³-hybridized carbons (Fsp3) is 0.333. The third-order valence-electron chi connectivity index (χ3n) is 1.98. The predicted octanol–water partition coefficient (Wildman–Crippen LogP) is 3.15. The highest BCUT2D eigenvalue weighted by atomic mass is 79.9. The van der Waals surface area contributed by atoms with Crippen LogP contribution in [0.15, 0.2) is 10.8 Å². The second-order valence-corrected chi connectivity index (χ2v) is 3.98. The first kappa shape index (κ1) is 13.3. The van der Waals surface area contributed by atoms with E-state index in [0.29, 0.717) is 10.2 Å². The molecule has 0 saturated heterocycles. The van der Waals surface area contributed by atoms with Crippen LogP contribution < -0.4 is 0 Å². The Labute approximate surface area is 104 Å². The van der Waals surface area contributed by atoms with E-state index in [4.69, 9.17) is 16.7 Å². The van der Waals surface area contributed by atoms with Gasteiger partial charge >= 0.3 is 5.97 Å². The molecule has 1 aromatic heterocycles. The molecule has 0 bridgehead atoms. The molecular weight excluding hydrogens is 307 g/mol. The predicted molar refractivity (Wildman–Crippen MR) is 57.8 cm³/mol. The van der Waals surface area contributed by atoms with Crippen molar-refractivity contribution in [3.8, 4) is 0 Å². The summed E-state index contributed by atoms with van der Waals surface area (Å²) in [6.07, 6.45) is -2.30. The Hall–Kier alpha value is -0.750. The molecule has 0 radical (unpaired) electrons. The number of alkyl halides is 3. The number of carboxylic acids is 1. The second-order valence-electron chi connectivity index (χ2n) is 2.97. The molecule has 0 atom stereocenters. The van der Waals surface area contributed by atoms with Crippen molar-refractivity contribution in [1.82, 2.24) is 4.98 Å². The molecule has 0 saturated carbocycles. The molecule has 0 fully saturated rings. The number of carbonyl (C=O) groups is 1. The fourth-order valence-electron chi connectivity index (χ4n) is 1.26. The average Bonchev–Trinajstić information content (AvgIpc) is 2.16. The highest BCUT2D eigenvalue weighted by Gasteiger charge is 2.20. The van der Waals surface area contributed by atoms with Crippen LogP contribution in [0.2, 0.25) is 0 Å². The molecular formula is C9H7BrClF2NO2. The van der Waals surface area contributed by atoms with Crippen molar-refractivity contribution in [2.45, 2.75) is 18.7 Å². The molecule has 0 aliphatic carbocycles. The van der Waals surface area contributed by atoms with Gasteiger partial charge in [0.25, 0.3) is 6.43 Å². The van der Waals surface area contributed by atoms with Gasteiger partial charge in [0, 0.05) is 17.3 Å². The molecule has 0 amide bonds. The van der Waals surface area contributed by atoms with E-state index in [0.717, 1.165) is 6.20 Å². The highest BCUT2D eigenvalue weighted by Crippen LogP contribution is 2.30. The van der Waals surface area contributed by atoms with Gasteiger partial charge in [-0.2, -0.15) is 0 Å². The maximum atomic E-state index is 12.6. The van der Waals surface area contributed by atoms with Crippen LogP contribution in [0.3, 0.4) is 0 Å². The lowest BCUT2D eigenvalue weighted by Crippen LogP contribution is -2.09. The Morgan fingerprint density at radius 3 is 2.62 bits per heavy atom. The third kappa shape index (κ3) is 2.89.